The largest absolute Gasteiger partial charge is 0.394 e. The molecule has 0 aromatic rings. The van der Waals surface area contributed by atoms with Gasteiger partial charge >= 0.3 is 0 Å². The fourth-order valence-corrected chi connectivity index (χ4v) is 1.44. The maximum absolute atomic E-state index is 9.48. The molecule has 0 spiro atoms. The molecular weight excluding hydrogens is 160 g/mol. The van der Waals surface area contributed by atoms with E-state index in [1.807, 2.05) is 13.8 Å². The van der Waals surface area contributed by atoms with E-state index in [-0.39, 0.29) is 18.6 Å². The lowest BCUT2D eigenvalue weighted by molar-refractivity contribution is -0.200. The first-order valence-corrected chi connectivity index (χ1v) is 4.20. The van der Waals surface area contributed by atoms with Crippen LogP contribution in [0, 0.1) is 5.92 Å². The lowest BCUT2D eigenvalue weighted by Gasteiger charge is -2.39. The van der Waals surface area contributed by atoms with E-state index in [1.165, 1.54) is 0 Å². The van der Waals surface area contributed by atoms with Crippen LogP contribution < -0.4 is 0 Å². The highest BCUT2D eigenvalue weighted by atomic mass is 16.5. The van der Waals surface area contributed by atoms with Gasteiger partial charge in [-0.1, -0.05) is 6.92 Å². The minimum atomic E-state index is -0.971. The molecule has 3 N–H and O–H groups in total. The molecule has 0 saturated carbocycles. The second-order valence-corrected chi connectivity index (χ2v) is 3.40. The van der Waals surface area contributed by atoms with Gasteiger partial charge in [0.05, 0.1) is 18.8 Å². The van der Waals surface area contributed by atoms with Gasteiger partial charge in [-0.15, -0.1) is 0 Å². The van der Waals surface area contributed by atoms with Crippen LogP contribution in [0.3, 0.4) is 0 Å². The molecule has 72 valence electrons. The fourth-order valence-electron chi connectivity index (χ4n) is 1.44. The summed E-state index contributed by atoms with van der Waals surface area (Å²) in [5.74, 6) is -0.0946. The molecule has 0 aromatic heterocycles. The van der Waals surface area contributed by atoms with Crippen molar-refractivity contribution in [3.63, 3.8) is 0 Å². The van der Waals surface area contributed by atoms with Gasteiger partial charge in [0, 0.05) is 5.92 Å². The monoisotopic (exact) mass is 176 g/mol. The average Bonchev–Trinajstić information content (AvgIpc) is 2.08. The Kier molecular flexibility index (Phi) is 3.06. The molecule has 1 rings (SSSR count). The van der Waals surface area contributed by atoms with Gasteiger partial charge in [-0.25, -0.2) is 0 Å². The quantitative estimate of drug-likeness (QED) is 0.485. The molecule has 0 aliphatic carbocycles. The maximum atomic E-state index is 9.48. The Labute approximate surface area is 71.8 Å². The van der Waals surface area contributed by atoms with Gasteiger partial charge in [0.25, 0.3) is 0 Å². The Morgan fingerprint density at radius 3 is 2.25 bits per heavy atom. The summed E-state index contributed by atoms with van der Waals surface area (Å²) in [6.45, 7) is 3.38. The SMILES string of the molecule is CC1C(O)[C@@H](O)C(CO)O[C@@H]1C. The van der Waals surface area contributed by atoms with Crippen LogP contribution >= 0.6 is 0 Å². The van der Waals surface area contributed by atoms with Crippen molar-refractivity contribution in [1.82, 2.24) is 0 Å². The minimum Gasteiger partial charge on any atom is -0.394 e. The summed E-state index contributed by atoms with van der Waals surface area (Å²) in [6.07, 6.45) is -2.54. The highest BCUT2D eigenvalue weighted by Gasteiger charge is 2.39. The fraction of sp³-hybridized carbons (Fsp3) is 1.00. The molecule has 1 fully saturated rings. The highest BCUT2D eigenvalue weighted by molar-refractivity contribution is 4.87. The normalized spacial score (nSPS) is 49.2. The molecule has 0 amide bonds. The molecule has 1 heterocycles. The summed E-state index contributed by atoms with van der Waals surface area (Å²) in [6, 6.07) is 0. The van der Waals surface area contributed by atoms with Gasteiger partial charge in [0.15, 0.2) is 0 Å². The molecule has 4 nitrogen and oxygen atoms in total. The van der Waals surface area contributed by atoms with Gasteiger partial charge < -0.3 is 20.1 Å². The van der Waals surface area contributed by atoms with E-state index in [0.29, 0.717) is 0 Å². The number of aliphatic hydroxyl groups excluding tert-OH is 3. The Bertz CT molecular complexity index is 145. The van der Waals surface area contributed by atoms with Crippen molar-refractivity contribution in [2.24, 2.45) is 5.92 Å². The van der Waals surface area contributed by atoms with Crippen LogP contribution in [-0.2, 0) is 4.74 Å². The van der Waals surface area contributed by atoms with Crippen LogP contribution in [0.2, 0.25) is 0 Å². The third-order valence-electron chi connectivity index (χ3n) is 2.58. The van der Waals surface area contributed by atoms with Crippen LogP contribution in [-0.4, -0.2) is 46.3 Å². The van der Waals surface area contributed by atoms with E-state index in [9.17, 15) is 10.2 Å². The van der Waals surface area contributed by atoms with E-state index in [2.05, 4.69) is 0 Å². The molecule has 1 aliphatic heterocycles. The minimum absolute atomic E-state index is 0.0946. The highest BCUT2D eigenvalue weighted by Crippen LogP contribution is 2.25. The van der Waals surface area contributed by atoms with E-state index >= 15 is 0 Å². The summed E-state index contributed by atoms with van der Waals surface area (Å²) >= 11 is 0. The Hall–Kier alpha value is -0.160. The van der Waals surface area contributed by atoms with E-state index in [0.717, 1.165) is 0 Å². The van der Waals surface area contributed by atoms with E-state index in [1.54, 1.807) is 0 Å². The number of ether oxygens (including phenoxy) is 1. The first kappa shape index (κ1) is 9.92. The second kappa shape index (κ2) is 3.70. The zero-order valence-electron chi connectivity index (χ0n) is 7.34. The number of aliphatic hydroxyl groups is 3. The molecule has 0 aromatic carbocycles. The van der Waals surface area contributed by atoms with Gasteiger partial charge in [0.1, 0.15) is 12.2 Å². The van der Waals surface area contributed by atoms with Crippen LogP contribution in [0.1, 0.15) is 13.8 Å². The molecule has 12 heavy (non-hydrogen) atoms. The topological polar surface area (TPSA) is 69.9 Å². The summed E-state index contributed by atoms with van der Waals surface area (Å²) in [5, 5.41) is 27.7. The van der Waals surface area contributed by atoms with Crippen molar-refractivity contribution >= 4 is 0 Å². The molecule has 5 atom stereocenters. The first-order chi connectivity index (χ1) is 5.57. The van der Waals surface area contributed by atoms with Gasteiger partial charge in [-0.2, -0.15) is 0 Å². The van der Waals surface area contributed by atoms with Crippen LogP contribution in [0.5, 0.6) is 0 Å². The summed E-state index contributed by atoms with van der Waals surface area (Å²) in [5.41, 5.74) is 0. The molecule has 1 saturated heterocycles. The van der Waals surface area contributed by atoms with Crippen molar-refractivity contribution in [1.29, 1.82) is 0 Å². The zero-order chi connectivity index (χ0) is 9.30. The molecular formula is C8H16O4. The molecule has 4 heteroatoms. The summed E-state index contributed by atoms with van der Waals surface area (Å²) in [7, 11) is 0. The Morgan fingerprint density at radius 2 is 1.75 bits per heavy atom. The van der Waals surface area contributed by atoms with Gasteiger partial charge in [-0.05, 0) is 6.92 Å². The van der Waals surface area contributed by atoms with Gasteiger partial charge in [-0.3, -0.25) is 0 Å². The Morgan fingerprint density at radius 1 is 1.17 bits per heavy atom. The van der Waals surface area contributed by atoms with Crippen molar-refractivity contribution in [2.45, 2.75) is 38.3 Å². The maximum Gasteiger partial charge on any atom is 0.109 e. The third-order valence-corrected chi connectivity index (χ3v) is 2.58. The van der Waals surface area contributed by atoms with Crippen molar-refractivity contribution in [2.75, 3.05) is 6.61 Å². The standard InChI is InChI=1S/C8H16O4/c1-4-5(2)12-6(3-9)8(11)7(4)10/h4-11H,3H2,1-2H3/t4?,5-,6?,7?,8+/m1/s1. The molecule has 0 bridgehead atoms. The lowest BCUT2D eigenvalue weighted by Crippen LogP contribution is -2.53. The van der Waals surface area contributed by atoms with E-state index in [4.69, 9.17) is 9.84 Å². The molecule has 0 radical (unpaired) electrons. The van der Waals surface area contributed by atoms with Crippen LogP contribution in [0.15, 0.2) is 0 Å². The predicted molar refractivity (Wildman–Crippen MR) is 42.6 cm³/mol. The number of hydrogen-bond donors (Lipinski definition) is 3. The lowest BCUT2D eigenvalue weighted by atomic mass is 9.89. The Balaban J connectivity index is 2.63. The predicted octanol–water partition coefficient (Wildman–Crippen LogP) is -0.876. The smallest absolute Gasteiger partial charge is 0.109 e. The van der Waals surface area contributed by atoms with Crippen LogP contribution in [0.25, 0.3) is 0 Å². The van der Waals surface area contributed by atoms with Crippen molar-refractivity contribution in [3.8, 4) is 0 Å². The second-order valence-electron chi connectivity index (χ2n) is 3.40. The number of rotatable bonds is 1. The van der Waals surface area contributed by atoms with Crippen LogP contribution in [0.4, 0.5) is 0 Å². The van der Waals surface area contributed by atoms with Crippen molar-refractivity contribution < 1.29 is 20.1 Å². The van der Waals surface area contributed by atoms with Crippen molar-refractivity contribution in [3.05, 3.63) is 0 Å². The molecule has 3 unspecified atom stereocenters. The van der Waals surface area contributed by atoms with E-state index < -0.39 is 18.3 Å². The number of hydrogen-bond acceptors (Lipinski definition) is 4. The zero-order valence-corrected chi connectivity index (χ0v) is 7.34. The average molecular weight is 176 g/mol. The summed E-state index contributed by atoms with van der Waals surface area (Å²) < 4.78 is 5.27. The summed E-state index contributed by atoms with van der Waals surface area (Å²) in [4.78, 5) is 0. The molecule has 1 aliphatic rings. The third kappa shape index (κ3) is 1.61. The first-order valence-electron chi connectivity index (χ1n) is 4.20. The van der Waals surface area contributed by atoms with Gasteiger partial charge in [0.2, 0.25) is 0 Å².